The summed E-state index contributed by atoms with van der Waals surface area (Å²) in [6.45, 7) is 2.05. The van der Waals surface area contributed by atoms with Gasteiger partial charge in [-0.15, -0.1) is 0 Å². The third kappa shape index (κ3) is 4.87. The van der Waals surface area contributed by atoms with E-state index in [9.17, 15) is 13.2 Å². The quantitative estimate of drug-likeness (QED) is 0.612. The molecule has 28 heavy (non-hydrogen) atoms. The van der Waals surface area contributed by atoms with Crippen LogP contribution in [-0.2, 0) is 21.4 Å². The highest BCUT2D eigenvalue weighted by atomic mass is 35.5. The number of carbonyl (C=O) groups is 1. The molecule has 1 heterocycles. The number of aromatic nitrogens is 3. The molecule has 0 radical (unpaired) electrons. The number of sulfonamides is 1. The second kappa shape index (κ2) is 8.41. The molecule has 0 spiro atoms. The van der Waals surface area contributed by atoms with Gasteiger partial charge in [0.2, 0.25) is 5.91 Å². The van der Waals surface area contributed by atoms with E-state index in [0.717, 1.165) is 0 Å². The predicted molar refractivity (Wildman–Crippen MR) is 107 cm³/mol. The maximum Gasteiger partial charge on any atom is 0.262 e. The van der Waals surface area contributed by atoms with Gasteiger partial charge >= 0.3 is 0 Å². The van der Waals surface area contributed by atoms with E-state index < -0.39 is 10.0 Å². The number of halogens is 1. The molecule has 2 aromatic carbocycles. The average Bonchev–Trinajstić information content (AvgIpc) is 3.17. The van der Waals surface area contributed by atoms with Gasteiger partial charge in [0.05, 0.1) is 22.2 Å². The molecule has 0 aliphatic carbocycles. The lowest BCUT2D eigenvalue weighted by molar-refractivity contribution is -0.116. The predicted octanol–water partition coefficient (Wildman–Crippen LogP) is 3.07. The number of rotatable bonds is 7. The van der Waals surface area contributed by atoms with Crippen LogP contribution < -0.4 is 10.0 Å². The van der Waals surface area contributed by atoms with Crippen molar-refractivity contribution in [1.29, 1.82) is 0 Å². The fourth-order valence-electron chi connectivity index (χ4n) is 2.50. The molecule has 8 nitrogen and oxygen atoms in total. The van der Waals surface area contributed by atoms with E-state index in [1.54, 1.807) is 43.3 Å². The lowest BCUT2D eigenvalue weighted by Gasteiger charge is -2.13. The normalized spacial score (nSPS) is 11.2. The van der Waals surface area contributed by atoms with E-state index in [2.05, 4.69) is 20.1 Å². The molecule has 1 amide bonds. The lowest BCUT2D eigenvalue weighted by Crippen LogP contribution is -2.17. The fourth-order valence-corrected chi connectivity index (χ4v) is 4.09. The first-order valence-corrected chi connectivity index (χ1v) is 10.2. The first-order valence-electron chi connectivity index (χ1n) is 8.35. The SMILES string of the molecule is Cc1ccc(NC(=O)CCn2cncn2)cc1S(=O)(=O)Nc1ccccc1Cl. The third-order valence-electron chi connectivity index (χ3n) is 3.91. The molecule has 3 aromatic rings. The van der Waals surface area contributed by atoms with Crippen LogP contribution in [0.5, 0.6) is 0 Å². The molecule has 0 atom stereocenters. The maximum atomic E-state index is 12.8. The van der Waals surface area contributed by atoms with Gasteiger partial charge in [0.25, 0.3) is 10.0 Å². The van der Waals surface area contributed by atoms with Gasteiger partial charge in [-0.25, -0.2) is 13.4 Å². The Morgan fingerprint density at radius 2 is 2.00 bits per heavy atom. The Labute approximate surface area is 167 Å². The number of para-hydroxylation sites is 1. The van der Waals surface area contributed by atoms with Crippen molar-refractivity contribution in [1.82, 2.24) is 14.8 Å². The topological polar surface area (TPSA) is 106 Å². The molecule has 10 heteroatoms. The Bertz CT molecular complexity index is 1080. The van der Waals surface area contributed by atoms with Crippen molar-refractivity contribution in [3.8, 4) is 0 Å². The van der Waals surface area contributed by atoms with E-state index in [0.29, 0.717) is 22.8 Å². The fraction of sp³-hybridized carbons (Fsp3) is 0.167. The summed E-state index contributed by atoms with van der Waals surface area (Å²) in [6.07, 6.45) is 3.09. The van der Waals surface area contributed by atoms with Gasteiger partial charge in [-0.3, -0.25) is 14.2 Å². The van der Waals surface area contributed by atoms with Crippen LogP contribution >= 0.6 is 11.6 Å². The number of nitrogens with one attached hydrogen (secondary N) is 2. The first-order chi connectivity index (χ1) is 13.3. The van der Waals surface area contributed by atoms with Crippen LogP contribution in [0, 0.1) is 6.92 Å². The van der Waals surface area contributed by atoms with Gasteiger partial charge in [-0.1, -0.05) is 29.8 Å². The van der Waals surface area contributed by atoms with E-state index in [1.807, 2.05) is 0 Å². The summed E-state index contributed by atoms with van der Waals surface area (Å²) in [4.78, 5) is 16.0. The second-order valence-electron chi connectivity index (χ2n) is 6.02. The van der Waals surface area contributed by atoms with E-state index >= 15 is 0 Å². The van der Waals surface area contributed by atoms with Crippen LogP contribution in [0.4, 0.5) is 11.4 Å². The Hall–Kier alpha value is -2.91. The highest BCUT2D eigenvalue weighted by Gasteiger charge is 2.19. The molecule has 0 saturated heterocycles. The first kappa shape index (κ1) is 19.8. The zero-order chi connectivity index (χ0) is 20.1. The molecule has 0 aliphatic rings. The van der Waals surface area contributed by atoms with Crippen molar-refractivity contribution in [2.24, 2.45) is 0 Å². The minimum atomic E-state index is -3.88. The smallest absolute Gasteiger partial charge is 0.262 e. The minimum absolute atomic E-state index is 0.0569. The molecule has 2 N–H and O–H groups in total. The molecule has 0 saturated carbocycles. The number of aryl methyl sites for hydroxylation is 2. The van der Waals surface area contributed by atoms with Crippen molar-refractivity contribution in [3.05, 3.63) is 65.7 Å². The van der Waals surface area contributed by atoms with Gasteiger partial charge in [-0.05, 0) is 36.8 Å². The summed E-state index contributed by atoms with van der Waals surface area (Å²) in [5.41, 5.74) is 1.21. The van der Waals surface area contributed by atoms with Crippen molar-refractivity contribution >= 4 is 38.9 Å². The van der Waals surface area contributed by atoms with Gasteiger partial charge in [0.1, 0.15) is 12.7 Å². The van der Waals surface area contributed by atoms with Gasteiger partial charge in [0.15, 0.2) is 0 Å². The summed E-state index contributed by atoms with van der Waals surface area (Å²) >= 11 is 6.04. The Kier molecular flexibility index (Phi) is 5.96. The summed E-state index contributed by atoms with van der Waals surface area (Å²) in [7, 11) is -3.88. The third-order valence-corrected chi connectivity index (χ3v) is 5.75. The van der Waals surface area contributed by atoms with Crippen LogP contribution in [0.2, 0.25) is 5.02 Å². The summed E-state index contributed by atoms with van der Waals surface area (Å²) in [6, 6.07) is 11.3. The highest BCUT2D eigenvalue weighted by molar-refractivity contribution is 7.92. The number of hydrogen-bond donors (Lipinski definition) is 2. The molecular weight excluding hydrogens is 402 g/mol. The van der Waals surface area contributed by atoms with Crippen molar-refractivity contribution in [3.63, 3.8) is 0 Å². The molecule has 0 bridgehead atoms. The monoisotopic (exact) mass is 419 g/mol. The van der Waals surface area contributed by atoms with E-state index in [1.165, 1.54) is 23.4 Å². The maximum absolute atomic E-state index is 12.8. The molecule has 0 fully saturated rings. The van der Waals surface area contributed by atoms with Gasteiger partial charge < -0.3 is 5.32 Å². The Balaban J connectivity index is 1.75. The zero-order valence-electron chi connectivity index (χ0n) is 15.0. The number of amides is 1. The second-order valence-corrected chi connectivity index (χ2v) is 8.08. The van der Waals surface area contributed by atoms with Gasteiger partial charge in [-0.2, -0.15) is 5.10 Å². The molecule has 3 rings (SSSR count). The molecule has 146 valence electrons. The summed E-state index contributed by atoms with van der Waals surface area (Å²) in [5, 5.41) is 6.92. The largest absolute Gasteiger partial charge is 0.326 e. The van der Waals surface area contributed by atoms with Crippen molar-refractivity contribution < 1.29 is 13.2 Å². The summed E-state index contributed by atoms with van der Waals surface area (Å²) in [5.74, 6) is -0.262. The number of carbonyl (C=O) groups excluding carboxylic acids is 1. The standard InChI is InChI=1S/C18H18ClN5O3S/c1-13-6-7-14(22-18(25)8-9-24-12-20-11-21-24)10-17(13)28(26,27)23-16-5-3-2-4-15(16)19/h2-7,10-12,23H,8-9H2,1H3,(H,22,25). The van der Waals surface area contributed by atoms with Crippen LogP contribution in [0.25, 0.3) is 0 Å². The molecule has 1 aromatic heterocycles. The van der Waals surface area contributed by atoms with Crippen LogP contribution in [0.3, 0.4) is 0 Å². The van der Waals surface area contributed by atoms with Crippen LogP contribution in [-0.4, -0.2) is 29.1 Å². The minimum Gasteiger partial charge on any atom is -0.326 e. The van der Waals surface area contributed by atoms with Crippen LogP contribution in [0.15, 0.2) is 60.0 Å². The van der Waals surface area contributed by atoms with Crippen molar-refractivity contribution in [2.45, 2.75) is 24.8 Å². The number of hydrogen-bond acceptors (Lipinski definition) is 5. The molecular formula is C18H18ClN5O3S. The lowest BCUT2D eigenvalue weighted by atomic mass is 10.2. The number of benzene rings is 2. The number of anilines is 2. The van der Waals surface area contributed by atoms with Crippen LogP contribution in [0.1, 0.15) is 12.0 Å². The summed E-state index contributed by atoms with van der Waals surface area (Å²) < 4.78 is 29.6. The number of nitrogens with zero attached hydrogens (tertiary/aromatic N) is 3. The molecule has 0 aliphatic heterocycles. The molecule has 0 unspecified atom stereocenters. The Morgan fingerprint density at radius 3 is 2.71 bits per heavy atom. The zero-order valence-corrected chi connectivity index (χ0v) is 16.5. The van der Waals surface area contributed by atoms with E-state index in [-0.39, 0.29) is 22.9 Å². The van der Waals surface area contributed by atoms with Gasteiger partial charge in [0, 0.05) is 12.1 Å². The average molecular weight is 420 g/mol. The van der Waals surface area contributed by atoms with Crippen molar-refractivity contribution in [2.75, 3.05) is 10.0 Å². The van der Waals surface area contributed by atoms with E-state index in [4.69, 9.17) is 11.6 Å². The highest BCUT2D eigenvalue weighted by Crippen LogP contribution is 2.26. The Morgan fingerprint density at radius 1 is 1.21 bits per heavy atom.